The standard InChI is InChI=1S/C13H21NO3/c1-10(15)7-8-11-6-5-9-14(11)12(16)17-13(2,3)4/h10-11,15H,5-6,9H2,1-4H3/t10-,11?/m0/s1. The number of nitrogens with zero attached hydrogens (tertiary/aromatic N) is 1. The SMILES string of the molecule is C[C@H](O)C#CC1CCCN1C(=O)OC(C)(C)C. The fourth-order valence-electron chi connectivity index (χ4n) is 1.67. The summed E-state index contributed by atoms with van der Waals surface area (Å²) in [6.07, 6.45) is 0.799. The van der Waals surface area contributed by atoms with Gasteiger partial charge < -0.3 is 9.84 Å². The minimum Gasteiger partial charge on any atom is -0.444 e. The molecule has 96 valence electrons. The molecule has 1 unspecified atom stereocenters. The van der Waals surface area contributed by atoms with E-state index in [4.69, 9.17) is 9.84 Å². The first kappa shape index (κ1) is 13.9. The van der Waals surface area contributed by atoms with E-state index in [0.717, 1.165) is 12.8 Å². The van der Waals surface area contributed by atoms with Crippen LogP contribution in [0.5, 0.6) is 0 Å². The summed E-state index contributed by atoms with van der Waals surface area (Å²) in [6, 6.07) is -0.126. The summed E-state index contributed by atoms with van der Waals surface area (Å²) in [4.78, 5) is 13.5. The Balaban J connectivity index is 2.64. The normalized spacial score (nSPS) is 21.7. The molecule has 1 N–H and O–H groups in total. The molecule has 0 bridgehead atoms. The quantitative estimate of drug-likeness (QED) is 0.655. The number of ether oxygens (including phenoxy) is 1. The van der Waals surface area contributed by atoms with Gasteiger partial charge in [-0.15, -0.1) is 0 Å². The minimum absolute atomic E-state index is 0.126. The molecule has 0 radical (unpaired) electrons. The van der Waals surface area contributed by atoms with Gasteiger partial charge in [0, 0.05) is 6.54 Å². The molecule has 0 saturated carbocycles. The summed E-state index contributed by atoms with van der Waals surface area (Å²) >= 11 is 0. The number of aliphatic hydroxyl groups excluding tert-OH is 1. The lowest BCUT2D eigenvalue weighted by Gasteiger charge is -2.26. The highest BCUT2D eigenvalue weighted by Crippen LogP contribution is 2.20. The lowest BCUT2D eigenvalue weighted by molar-refractivity contribution is 0.0260. The van der Waals surface area contributed by atoms with Crippen LogP contribution in [0.25, 0.3) is 0 Å². The third kappa shape index (κ3) is 4.66. The zero-order valence-corrected chi connectivity index (χ0v) is 11.0. The van der Waals surface area contributed by atoms with Crippen molar-refractivity contribution in [3.8, 4) is 11.8 Å². The van der Waals surface area contributed by atoms with Crippen molar-refractivity contribution in [2.45, 2.75) is 58.3 Å². The van der Waals surface area contributed by atoms with Crippen LogP contribution in [-0.2, 0) is 4.74 Å². The van der Waals surface area contributed by atoms with E-state index < -0.39 is 11.7 Å². The molecule has 1 amide bonds. The van der Waals surface area contributed by atoms with Crippen molar-refractivity contribution < 1.29 is 14.6 Å². The summed E-state index contributed by atoms with van der Waals surface area (Å²) in [5, 5.41) is 9.12. The Morgan fingerprint density at radius 1 is 1.53 bits per heavy atom. The van der Waals surface area contributed by atoms with Gasteiger partial charge >= 0.3 is 6.09 Å². The van der Waals surface area contributed by atoms with Crippen LogP contribution in [0, 0.1) is 11.8 Å². The van der Waals surface area contributed by atoms with Gasteiger partial charge in [-0.2, -0.15) is 0 Å². The molecule has 0 aromatic carbocycles. The van der Waals surface area contributed by atoms with E-state index in [1.54, 1.807) is 11.8 Å². The number of aliphatic hydroxyl groups is 1. The van der Waals surface area contributed by atoms with Crippen molar-refractivity contribution in [3.05, 3.63) is 0 Å². The fourth-order valence-corrected chi connectivity index (χ4v) is 1.67. The van der Waals surface area contributed by atoms with Gasteiger partial charge in [-0.25, -0.2) is 4.79 Å². The third-order valence-corrected chi connectivity index (χ3v) is 2.34. The molecule has 4 heteroatoms. The van der Waals surface area contributed by atoms with Crippen LogP contribution in [0.2, 0.25) is 0 Å². The first-order chi connectivity index (χ1) is 7.79. The topological polar surface area (TPSA) is 49.8 Å². The van der Waals surface area contributed by atoms with Crippen LogP contribution >= 0.6 is 0 Å². The van der Waals surface area contributed by atoms with Gasteiger partial charge in [0.25, 0.3) is 0 Å². The Morgan fingerprint density at radius 2 is 2.18 bits per heavy atom. The second-order valence-electron chi connectivity index (χ2n) is 5.30. The highest BCUT2D eigenvalue weighted by Gasteiger charge is 2.30. The molecule has 0 spiro atoms. The average molecular weight is 239 g/mol. The summed E-state index contributed by atoms with van der Waals surface area (Å²) in [7, 11) is 0. The molecule has 1 saturated heterocycles. The number of likely N-dealkylation sites (tertiary alicyclic amines) is 1. The number of hydrogen-bond donors (Lipinski definition) is 1. The van der Waals surface area contributed by atoms with Crippen LogP contribution in [0.1, 0.15) is 40.5 Å². The van der Waals surface area contributed by atoms with Crippen LogP contribution in [0.3, 0.4) is 0 Å². The zero-order valence-electron chi connectivity index (χ0n) is 11.0. The predicted octanol–water partition coefficient (Wildman–Crippen LogP) is 1.77. The van der Waals surface area contributed by atoms with Crippen molar-refractivity contribution in [2.24, 2.45) is 0 Å². The van der Waals surface area contributed by atoms with Crippen molar-refractivity contribution in [3.63, 3.8) is 0 Å². The summed E-state index contributed by atoms with van der Waals surface area (Å²) < 4.78 is 5.32. The summed E-state index contributed by atoms with van der Waals surface area (Å²) in [5.41, 5.74) is -0.484. The third-order valence-electron chi connectivity index (χ3n) is 2.34. The molecule has 1 fully saturated rings. The Hall–Kier alpha value is -1.21. The molecular weight excluding hydrogens is 218 g/mol. The molecule has 1 aliphatic rings. The van der Waals surface area contributed by atoms with Gasteiger partial charge in [-0.1, -0.05) is 11.8 Å². The Morgan fingerprint density at radius 3 is 2.71 bits per heavy atom. The number of hydrogen-bond acceptors (Lipinski definition) is 3. The number of carbonyl (C=O) groups is 1. The van der Waals surface area contributed by atoms with E-state index in [1.807, 2.05) is 20.8 Å². The van der Waals surface area contributed by atoms with E-state index in [0.29, 0.717) is 6.54 Å². The molecule has 2 atom stereocenters. The Kier molecular flexibility index (Phi) is 4.41. The fraction of sp³-hybridized carbons (Fsp3) is 0.769. The van der Waals surface area contributed by atoms with Crippen LogP contribution < -0.4 is 0 Å². The van der Waals surface area contributed by atoms with E-state index in [2.05, 4.69) is 11.8 Å². The molecule has 1 heterocycles. The first-order valence-electron chi connectivity index (χ1n) is 5.98. The predicted molar refractivity (Wildman–Crippen MR) is 65.4 cm³/mol. The van der Waals surface area contributed by atoms with Crippen LogP contribution in [0.4, 0.5) is 4.79 Å². The van der Waals surface area contributed by atoms with E-state index in [1.165, 1.54) is 0 Å². The maximum absolute atomic E-state index is 11.9. The van der Waals surface area contributed by atoms with Crippen LogP contribution in [0.15, 0.2) is 0 Å². The van der Waals surface area contributed by atoms with Gasteiger partial charge in [0.05, 0.1) is 6.04 Å². The molecule has 4 nitrogen and oxygen atoms in total. The Bertz CT molecular complexity index is 333. The van der Waals surface area contributed by atoms with Gasteiger partial charge in [-0.3, -0.25) is 4.90 Å². The highest BCUT2D eigenvalue weighted by atomic mass is 16.6. The second-order valence-corrected chi connectivity index (χ2v) is 5.30. The number of carbonyl (C=O) groups excluding carboxylic acids is 1. The van der Waals surface area contributed by atoms with Crippen molar-refractivity contribution in [1.82, 2.24) is 4.90 Å². The maximum atomic E-state index is 11.9. The van der Waals surface area contributed by atoms with E-state index in [9.17, 15) is 4.79 Å². The second kappa shape index (κ2) is 5.42. The van der Waals surface area contributed by atoms with Crippen molar-refractivity contribution in [2.75, 3.05) is 6.54 Å². The van der Waals surface area contributed by atoms with Gasteiger partial charge in [0.2, 0.25) is 0 Å². The van der Waals surface area contributed by atoms with Crippen LogP contribution in [-0.4, -0.2) is 40.4 Å². The Labute approximate surface area is 103 Å². The molecule has 1 aliphatic heterocycles. The minimum atomic E-state index is -0.656. The average Bonchev–Trinajstić information content (AvgIpc) is 2.59. The van der Waals surface area contributed by atoms with E-state index in [-0.39, 0.29) is 12.1 Å². The van der Waals surface area contributed by atoms with Gasteiger partial charge in [0.15, 0.2) is 0 Å². The smallest absolute Gasteiger partial charge is 0.411 e. The zero-order chi connectivity index (χ0) is 13.1. The number of rotatable bonds is 0. The highest BCUT2D eigenvalue weighted by molar-refractivity contribution is 5.69. The van der Waals surface area contributed by atoms with Gasteiger partial charge in [-0.05, 0) is 40.5 Å². The molecule has 0 aliphatic carbocycles. The monoisotopic (exact) mass is 239 g/mol. The first-order valence-corrected chi connectivity index (χ1v) is 5.98. The maximum Gasteiger partial charge on any atom is 0.411 e. The molecule has 1 rings (SSSR count). The molecule has 0 aromatic heterocycles. The molecule has 0 aromatic rings. The summed E-state index contributed by atoms with van der Waals surface area (Å²) in [5.74, 6) is 5.61. The number of amides is 1. The van der Waals surface area contributed by atoms with Crippen molar-refractivity contribution in [1.29, 1.82) is 0 Å². The molecular formula is C13H21NO3. The van der Waals surface area contributed by atoms with E-state index >= 15 is 0 Å². The molecule has 17 heavy (non-hydrogen) atoms. The van der Waals surface area contributed by atoms with Gasteiger partial charge in [0.1, 0.15) is 11.7 Å². The largest absolute Gasteiger partial charge is 0.444 e. The lowest BCUT2D eigenvalue weighted by atomic mass is 10.2. The van der Waals surface area contributed by atoms with Crippen molar-refractivity contribution >= 4 is 6.09 Å². The lowest BCUT2D eigenvalue weighted by Crippen LogP contribution is -2.39. The summed E-state index contributed by atoms with van der Waals surface area (Å²) in [6.45, 7) is 7.82.